The van der Waals surface area contributed by atoms with E-state index in [0.717, 1.165) is 27.6 Å². The summed E-state index contributed by atoms with van der Waals surface area (Å²) >= 11 is 0. The molecule has 1 aromatic heterocycles. The van der Waals surface area contributed by atoms with Gasteiger partial charge in [0.25, 0.3) is 0 Å². The van der Waals surface area contributed by atoms with Crippen LogP contribution in [0.4, 0.5) is 0 Å². The Bertz CT molecular complexity index is 1230. The molecule has 3 aromatic carbocycles. The fourth-order valence-electron chi connectivity index (χ4n) is 3.79. The highest BCUT2D eigenvalue weighted by Crippen LogP contribution is 2.29. The SMILES string of the molecule is COc1cc(CN[C@H](Cc2c[nH]c3ccccc23)C(=O)O)ccc1OCc1ccc(C)cc1. The van der Waals surface area contributed by atoms with Crippen LogP contribution >= 0.6 is 0 Å². The van der Waals surface area contributed by atoms with E-state index in [4.69, 9.17) is 9.47 Å². The van der Waals surface area contributed by atoms with Gasteiger partial charge in [-0.2, -0.15) is 0 Å². The first kappa shape index (κ1) is 22.4. The molecule has 0 bridgehead atoms. The number of benzene rings is 3. The van der Waals surface area contributed by atoms with Crippen LogP contribution in [-0.2, 0) is 24.4 Å². The lowest BCUT2D eigenvalue weighted by Crippen LogP contribution is -2.38. The first-order chi connectivity index (χ1) is 16.0. The Morgan fingerprint density at radius 3 is 2.55 bits per heavy atom. The molecule has 0 unspecified atom stereocenters. The van der Waals surface area contributed by atoms with Gasteiger partial charge >= 0.3 is 5.97 Å². The Kier molecular flexibility index (Phi) is 6.95. The third-order valence-corrected chi connectivity index (χ3v) is 5.69. The molecule has 0 aliphatic rings. The van der Waals surface area contributed by atoms with Gasteiger partial charge in [-0.3, -0.25) is 4.79 Å². The summed E-state index contributed by atoms with van der Waals surface area (Å²) in [6.07, 6.45) is 2.26. The van der Waals surface area contributed by atoms with Gasteiger partial charge in [0.15, 0.2) is 11.5 Å². The Balaban J connectivity index is 1.40. The van der Waals surface area contributed by atoms with E-state index in [-0.39, 0.29) is 0 Å². The van der Waals surface area contributed by atoms with E-state index < -0.39 is 12.0 Å². The van der Waals surface area contributed by atoms with E-state index in [1.54, 1.807) is 7.11 Å². The highest BCUT2D eigenvalue weighted by molar-refractivity contribution is 5.84. The van der Waals surface area contributed by atoms with Crippen molar-refractivity contribution in [3.63, 3.8) is 0 Å². The topological polar surface area (TPSA) is 83.6 Å². The molecule has 0 amide bonds. The number of aromatic amines is 1. The molecular formula is C27H28N2O4. The second kappa shape index (κ2) is 10.2. The number of rotatable bonds is 10. The maximum atomic E-state index is 11.9. The molecule has 0 spiro atoms. The Hall–Kier alpha value is -3.77. The lowest BCUT2D eigenvalue weighted by atomic mass is 10.0. The zero-order valence-corrected chi connectivity index (χ0v) is 18.8. The summed E-state index contributed by atoms with van der Waals surface area (Å²) in [7, 11) is 1.60. The average Bonchev–Trinajstić information content (AvgIpc) is 3.24. The molecular weight excluding hydrogens is 416 g/mol. The van der Waals surface area contributed by atoms with Gasteiger partial charge in [0.05, 0.1) is 7.11 Å². The van der Waals surface area contributed by atoms with Gasteiger partial charge in [-0.05, 0) is 41.8 Å². The van der Waals surface area contributed by atoms with E-state index in [1.807, 2.05) is 60.8 Å². The summed E-state index contributed by atoms with van der Waals surface area (Å²) in [5.41, 5.74) is 5.18. The molecule has 3 N–H and O–H groups in total. The van der Waals surface area contributed by atoms with Crippen molar-refractivity contribution >= 4 is 16.9 Å². The van der Waals surface area contributed by atoms with Crippen LogP contribution in [0.5, 0.6) is 11.5 Å². The number of nitrogens with one attached hydrogen (secondary N) is 2. The molecule has 4 aromatic rings. The molecule has 0 saturated carbocycles. The molecule has 33 heavy (non-hydrogen) atoms. The fourth-order valence-corrected chi connectivity index (χ4v) is 3.79. The van der Waals surface area contributed by atoms with E-state index in [9.17, 15) is 9.90 Å². The number of hydrogen-bond acceptors (Lipinski definition) is 4. The second-order valence-corrected chi connectivity index (χ2v) is 8.09. The maximum absolute atomic E-state index is 11.9. The first-order valence-electron chi connectivity index (χ1n) is 10.9. The molecule has 4 rings (SSSR count). The third-order valence-electron chi connectivity index (χ3n) is 5.69. The highest BCUT2D eigenvalue weighted by Gasteiger charge is 2.19. The molecule has 0 saturated heterocycles. The summed E-state index contributed by atoms with van der Waals surface area (Å²) in [6, 6.07) is 21.0. The van der Waals surface area contributed by atoms with Crippen LogP contribution in [0.3, 0.4) is 0 Å². The maximum Gasteiger partial charge on any atom is 0.321 e. The van der Waals surface area contributed by atoms with E-state index >= 15 is 0 Å². The molecule has 1 atom stereocenters. The molecule has 170 valence electrons. The summed E-state index contributed by atoms with van der Waals surface area (Å²) < 4.78 is 11.4. The van der Waals surface area contributed by atoms with Crippen LogP contribution in [0, 0.1) is 6.92 Å². The van der Waals surface area contributed by atoms with Crippen molar-refractivity contribution in [2.24, 2.45) is 0 Å². The summed E-state index contributed by atoms with van der Waals surface area (Å²) in [6.45, 7) is 2.89. The van der Waals surface area contributed by atoms with Crippen molar-refractivity contribution in [2.45, 2.75) is 32.5 Å². The number of aliphatic carboxylic acids is 1. The number of para-hydroxylation sites is 1. The lowest BCUT2D eigenvalue weighted by molar-refractivity contribution is -0.139. The Labute approximate surface area is 193 Å². The van der Waals surface area contributed by atoms with Crippen molar-refractivity contribution in [3.05, 3.63) is 95.2 Å². The third kappa shape index (κ3) is 5.54. The minimum absolute atomic E-state index is 0.383. The standard InChI is InChI=1S/C27H28N2O4/c1-18-7-9-19(10-8-18)17-33-25-12-11-20(13-26(25)32-2)15-28-24(27(30)31)14-21-16-29-23-6-4-3-5-22(21)23/h3-13,16,24,28-29H,14-15,17H2,1-2H3,(H,30,31)/t24-/m1/s1. The van der Waals surface area contributed by atoms with Crippen molar-refractivity contribution in [3.8, 4) is 11.5 Å². The average molecular weight is 445 g/mol. The number of carboxylic acid groups (broad SMARTS) is 1. The number of ether oxygens (including phenoxy) is 2. The van der Waals surface area contributed by atoms with Crippen molar-refractivity contribution in [1.29, 1.82) is 0 Å². The van der Waals surface area contributed by atoms with Crippen molar-refractivity contribution in [2.75, 3.05) is 7.11 Å². The van der Waals surface area contributed by atoms with Crippen LogP contribution in [0.15, 0.2) is 72.9 Å². The minimum atomic E-state index is -0.884. The fraction of sp³-hybridized carbons (Fsp3) is 0.222. The Morgan fingerprint density at radius 1 is 1.03 bits per heavy atom. The van der Waals surface area contributed by atoms with Gasteiger partial charge in [-0.25, -0.2) is 0 Å². The van der Waals surface area contributed by atoms with E-state index in [2.05, 4.69) is 29.4 Å². The first-order valence-corrected chi connectivity index (χ1v) is 10.9. The predicted octanol–water partition coefficient (Wildman–Crippen LogP) is 4.85. The Morgan fingerprint density at radius 2 is 1.79 bits per heavy atom. The molecule has 0 aliphatic carbocycles. The second-order valence-electron chi connectivity index (χ2n) is 8.09. The van der Waals surface area contributed by atoms with Gasteiger partial charge in [0.2, 0.25) is 0 Å². The van der Waals surface area contributed by atoms with Crippen LogP contribution in [-0.4, -0.2) is 29.2 Å². The zero-order chi connectivity index (χ0) is 23.2. The zero-order valence-electron chi connectivity index (χ0n) is 18.8. The van der Waals surface area contributed by atoms with E-state index in [0.29, 0.717) is 31.1 Å². The number of H-pyrrole nitrogens is 1. The number of hydrogen-bond donors (Lipinski definition) is 3. The quantitative estimate of drug-likeness (QED) is 0.326. The summed E-state index contributed by atoms with van der Waals surface area (Å²) in [5, 5.41) is 14.0. The molecule has 1 heterocycles. The molecule has 6 nitrogen and oxygen atoms in total. The van der Waals surface area contributed by atoms with Crippen LogP contribution in [0.25, 0.3) is 10.9 Å². The van der Waals surface area contributed by atoms with Gasteiger partial charge < -0.3 is 24.9 Å². The van der Waals surface area contributed by atoms with Crippen LogP contribution < -0.4 is 14.8 Å². The molecule has 0 radical (unpaired) electrons. The van der Waals surface area contributed by atoms with Gasteiger partial charge in [0, 0.05) is 30.1 Å². The van der Waals surface area contributed by atoms with E-state index in [1.165, 1.54) is 5.56 Å². The minimum Gasteiger partial charge on any atom is -0.493 e. The van der Waals surface area contributed by atoms with Crippen molar-refractivity contribution < 1.29 is 19.4 Å². The largest absolute Gasteiger partial charge is 0.493 e. The monoisotopic (exact) mass is 444 g/mol. The smallest absolute Gasteiger partial charge is 0.321 e. The predicted molar refractivity (Wildman–Crippen MR) is 129 cm³/mol. The summed E-state index contributed by atoms with van der Waals surface area (Å²) in [5.74, 6) is 0.380. The molecule has 0 fully saturated rings. The number of carbonyl (C=O) groups is 1. The molecule has 6 heteroatoms. The number of aromatic nitrogens is 1. The lowest BCUT2D eigenvalue weighted by Gasteiger charge is -2.16. The van der Waals surface area contributed by atoms with Crippen molar-refractivity contribution in [1.82, 2.24) is 10.3 Å². The van der Waals surface area contributed by atoms with Crippen LogP contribution in [0.2, 0.25) is 0 Å². The van der Waals surface area contributed by atoms with Gasteiger partial charge in [0.1, 0.15) is 12.6 Å². The summed E-state index contributed by atoms with van der Waals surface area (Å²) in [4.78, 5) is 15.1. The van der Waals surface area contributed by atoms with Gasteiger partial charge in [-0.1, -0.05) is 54.1 Å². The molecule has 0 aliphatic heterocycles. The van der Waals surface area contributed by atoms with Crippen LogP contribution in [0.1, 0.15) is 22.3 Å². The van der Waals surface area contributed by atoms with Gasteiger partial charge in [-0.15, -0.1) is 0 Å². The highest BCUT2D eigenvalue weighted by atomic mass is 16.5. The number of methoxy groups -OCH3 is 1. The number of aryl methyl sites for hydroxylation is 1. The number of fused-ring (bicyclic) bond motifs is 1. The number of carboxylic acids is 1. The normalized spacial score (nSPS) is 11.9.